The lowest BCUT2D eigenvalue weighted by Crippen LogP contribution is -2.40. The summed E-state index contributed by atoms with van der Waals surface area (Å²) >= 11 is 0. The molecular weight excluding hydrogens is 298 g/mol. The fraction of sp³-hybridized carbons (Fsp3) is 0.650. The number of hydrogen-bond acceptors (Lipinski definition) is 2. The quantitative estimate of drug-likeness (QED) is 0.433. The first-order valence-corrected chi connectivity index (χ1v) is 9.37. The Balaban J connectivity index is 1.76. The molecule has 1 aromatic rings. The summed E-state index contributed by atoms with van der Waals surface area (Å²) in [7, 11) is 0. The number of phenols is 1. The second kappa shape index (κ2) is 7.04. The summed E-state index contributed by atoms with van der Waals surface area (Å²) in [5.74, 6) is 1.10. The number of aromatic hydroxyl groups is 1. The van der Waals surface area contributed by atoms with Crippen LogP contribution in [0, 0.1) is 0 Å². The van der Waals surface area contributed by atoms with Gasteiger partial charge in [-0.15, -0.1) is 0 Å². The molecule has 2 aliphatic rings. The molecule has 24 heavy (non-hydrogen) atoms. The van der Waals surface area contributed by atoms with Crippen LogP contribution in [-0.2, 0) is 5.41 Å². The van der Waals surface area contributed by atoms with Gasteiger partial charge in [-0.3, -0.25) is 0 Å². The minimum absolute atomic E-state index is 0.0503. The number of phenolic OH excluding ortho intramolecular Hbond substituents is 1. The van der Waals surface area contributed by atoms with Crippen LogP contribution >= 0.6 is 0 Å². The summed E-state index contributed by atoms with van der Waals surface area (Å²) < 4.78 is 0. The van der Waals surface area contributed by atoms with Crippen LogP contribution in [0.5, 0.6) is 5.75 Å². The summed E-state index contributed by atoms with van der Waals surface area (Å²) in [4.78, 5) is 4.79. The Labute approximate surface area is 145 Å². The molecule has 0 atom stereocenters. The minimum Gasteiger partial charge on any atom is -0.506 e. The Morgan fingerprint density at radius 1 is 1.08 bits per heavy atom. The van der Waals surface area contributed by atoms with E-state index in [4.69, 9.17) is 4.99 Å². The van der Waals surface area contributed by atoms with Gasteiger partial charge in [-0.1, -0.05) is 46.1 Å². The summed E-state index contributed by atoms with van der Waals surface area (Å²) in [6.45, 7) is 6.55. The van der Waals surface area contributed by atoms with Crippen LogP contribution in [0.15, 0.2) is 23.2 Å². The van der Waals surface area contributed by atoms with Crippen molar-refractivity contribution in [3.8, 4) is 5.75 Å². The maximum absolute atomic E-state index is 10.3. The van der Waals surface area contributed by atoms with Gasteiger partial charge < -0.3 is 15.7 Å². The van der Waals surface area contributed by atoms with Crippen LogP contribution in [-0.4, -0.2) is 23.1 Å². The number of nitrogens with one attached hydrogen (secondary N) is 2. The number of hydrogen-bond donors (Lipinski definition) is 3. The van der Waals surface area contributed by atoms with Crippen molar-refractivity contribution >= 4 is 11.6 Å². The van der Waals surface area contributed by atoms with Crippen molar-refractivity contribution in [1.29, 1.82) is 0 Å². The highest BCUT2D eigenvalue weighted by Crippen LogP contribution is 2.31. The third-order valence-electron chi connectivity index (χ3n) is 4.92. The molecule has 0 heterocycles. The fourth-order valence-electron chi connectivity index (χ4n) is 3.16. The molecule has 0 amide bonds. The predicted molar refractivity (Wildman–Crippen MR) is 101 cm³/mol. The molecule has 4 nitrogen and oxygen atoms in total. The Bertz CT molecular complexity index is 593. The van der Waals surface area contributed by atoms with E-state index in [1.54, 1.807) is 6.07 Å². The second-order valence-corrected chi connectivity index (χ2v) is 8.30. The molecule has 3 rings (SSSR count). The first-order chi connectivity index (χ1) is 11.4. The zero-order valence-electron chi connectivity index (χ0n) is 15.2. The van der Waals surface area contributed by atoms with E-state index in [2.05, 4.69) is 31.4 Å². The van der Waals surface area contributed by atoms with Gasteiger partial charge in [-0.2, -0.15) is 0 Å². The molecule has 3 N–H and O–H groups in total. The minimum atomic E-state index is 0.0503. The molecule has 0 bridgehead atoms. The van der Waals surface area contributed by atoms with Crippen LogP contribution < -0.4 is 10.6 Å². The van der Waals surface area contributed by atoms with E-state index in [1.165, 1.54) is 50.5 Å². The van der Waals surface area contributed by atoms with E-state index in [0.717, 1.165) is 11.6 Å². The Hall–Kier alpha value is -1.71. The van der Waals surface area contributed by atoms with Crippen molar-refractivity contribution in [1.82, 2.24) is 5.32 Å². The zero-order chi connectivity index (χ0) is 17.2. The summed E-state index contributed by atoms with van der Waals surface area (Å²) in [5.41, 5.74) is 1.99. The molecule has 0 radical (unpaired) electrons. The van der Waals surface area contributed by atoms with Crippen LogP contribution in [0.4, 0.5) is 5.69 Å². The van der Waals surface area contributed by atoms with Crippen molar-refractivity contribution in [2.75, 3.05) is 5.32 Å². The average molecular weight is 329 g/mol. The van der Waals surface area contributed by atoms with Gasteiger partial charge in [0.25, 0.3) is 0 Å². The Kier molecular flexibility index (Phi) is 5.02. The number of nitrogens with zero attached hydrogens (tertiary/aromatic N) is 1. The molecule has 4 heteroatoms. The molecule has 2 aliphatic carbocycles. The van der Waals surface area contributed by atoms with Gasteiger partial charge in [-0.25, -0.2) is 4.99 Å². The highest BCUT2D eigenvalue weighted by atomic mass is 16.3. The first kappa shape index (κ1) is 17.1. The van der Waals surface area contributed by atoms with Gasteiger partial charge in [0.15, 0.2) is 5.96 Å². The van der Waals surface area contributed by atoms with E-state index in [1.807, 2.05) is 12.1 Å². The molecule has 2 fully saturated rings. The Morgan fingerprint density at radius 3 is 2.42 bits per heavy atom. The third-order valence-corrected chi connectivity index (χ3v) is 4.92. The largest absolute Gasteiger partial charge is 0.506 e. The number of anilines is 1. The van der Waals surface area contributed by atoms with Crippen LogP contribution in [0.2, 0.25) is 0 Å². The van der Waals surface area contributed by atoms with Gasteiger partial charge in [0.1, 0.15) is 5.75 Å². The number of aliphatic imine (C=N–C) groups is 1. The van der Waals surface area contributed by atoms with Crippen molar-refractivity contribution < 1.29 is 5.11 Å². The lowest BCUT2D eigenvalue weighted by Gasteiger charge is -2.26. The van der Waals surface area contributed by atoms with Crippen LogP contribution in [0.3, 0.4) is 0 Å². The Morgan fingerprint density at radius 2 is 1.79 bits per heavy atom. The van der Waals surface area contributed by atoms with Crippen molar-refractivity contribution in [2.45, 2.75) is 83.2 Å². The monoisotopic (exact) mass is 329 g/mol. The lowest BCUT2D eigenvalue weighted by molar-refractivity contribution is 0.413. The highest BCUT2D eigenvalue weighted by molar-refractivity contribution is 5.95. The van der Waals surface area contributed by atoms with Gasteiger partial charge in [0.05, 0.1) is 11.7 Å². The molecule has 0 aliphatic heterocycles. The number of benzene rings is 1. The van der Waals surface area contributed by atoms with Crippen molar-refractivity contribution in [3.05, 3.63) is 23.8 Å². The lowest BCUT2D eigenvalue weighted by atomic mass is 9.87. The summed E-state index contributed by atoms with van der Waals surface area (Å²) in [5, 5.41) is 17.2. The maximum atomic E-state index is 10.3. The first-order valence-electron chi connectivity index (χ1n) is 9.37. The molecule has 2 saturated carbocycles. The van der Waals surface area contributed by atoms with E-state index in [0.29, 0.717) is 12.1 Å². The molecule has 132 valence electrons. The van der Waals surface area contributed by atoms with Gasteiger partial charge in [0, 0.05) is 6.04 Å². The SMILES string of the molecule is CC(C)(C)c1ccc(O)c(NC(=NC2CC2)NC2CCCCC2)c1. The maximum Gasteiger partial charge on any atom is 0.196 e. The van der Waals surface area contributed by atoms with E-state index < -0.39 is 0 Å². The van der Waals surface area contributed by atoms with E-state index in [9.17, 15) is 5.11 Å². The normalized spacial score (nSPS) is 20.0. The molecule has 0 saturated heterocycles. The predicted octanol–water partition coefficient (Wildman–Crippen LogP) is 4.54. The van der Waals surface area contributed by atoms with Crippen molar-refractivity contribution in [2.24, 2.45) is 4.99 Å². The van der Waals surface area contributed by atoms with Gasteiger partial charge >= 0.3 is 0 Å². The number of rotatable bonds is 3. The van der Waals surface area contributed by atoms with Crippen LogP contribution in [0.25, 0.3) is 0 Å². The fourth-order valence-corrected chi connectivity index (χ4v) is 3.16. The van der Waals surface area contributed by atoms with Crippen LogP contribution in [0.1, 0.15) is 71.3 Å². The molecule has 0 aromatic heterocycles. The molecular formula is C20H31N3O. The van der Waals surface area contributed by atoms with E-state index >= 15 is 0 Å². The molecule has 0 unspecified atom stereocenters. The third kappa shape index (κ3) is 4.65. The zero-order valence-corrected chi connectivity index (χ0v) is 15.2. The van der Waals surface area contributed by atoms with E-state index in [-0.39, 0.29) is 11.2 Å². The standard InChI is InChI=1S/C20H31N3O/c1-20(2,3)14-9-12-18(24)17(13-14)23-19(22-16-10-11-16)21-15-7-5-4-6-8-15/h9,12-13,15-16,24H,4-8,10-11H2,1-3H3,(H2,21,22,23). The average Bonchev–Trinajstić information content (AvgIpc) is 3.33. The summed E-state index contributed by atoms with van der Waals surface area (Å²) in [6.07, 6.45) is 8.68. The van der Waals surface area contributed by atoms with Gasteiger partial charge in [-0.05, 0) is 48.8 Å². The highest BCUT2D eigenvalue weighted by Gasteiger charge is 2.23. The molecule has 1 aromatic carbocycles. The molecule has 0 spiro atoms. The number of guanidine groups is 1. The second-order valence-electron chi connectivity index (χ2n) is 8.30. The van der Waals surface area contributed by atoms with Gasteiger partial charge in [0.2, 0.25) is 0 Å². The topological polar surface area (TPSA) is 56.6 Å². The smallest absolute Gasteiger partial charge is 0.196 e. The van der Waals surface area contributed by atoms with Crippen molar-refractivity contribution in [3.63, 3.8) is 0 Å². The summed E-state index contributed by atoms with van der Waals surface area (Å²) in [6, 6.07) is 6.75.